The Morgan fingerprint density at radius 3 is 2.71 bits per heavy atom. The lowest BCUT2D eigenvalue weighted by Crippen LogP contribution is -2.15. The largest absolute Gasteiger partial charge is 0.451 e. The fraction of sp³-hybridized carbons (Fsp3) is 0.130. The van der Waals surface area contributed by atoms with Crippen molar-refractivity contribution in [3.63, 3.8) is 0 Å². The number of aryl methyl sites for hydroxylation is 1. The number of hydrogen-bond acceptors (Lipinski definition) is 3. The van der Waals surface area contributed by atoms with Crippen LogP contribution < -0.4 is 0 Å². The van der Waals surface area contributed by atoms with E-state index in [-0.39, 0.29) is 18.2 Å². The monoisotopic (exact) mass is 374 g/mol. The summed E-state index contributed by atoms with van der Waals surface area (Å²) in [6.07, 6.45) is 3.05. The molecule has 0 N–H and O–H groups in total. The molecule has 0 saturated heterocycles. The molecule has 2 heterocycles. The molecule has 0 aliphatic carbocycles. The molecule has 1 atom stereocenters. The molecule has 4 rings (SSSR count). The molecule has 5 heteroatoms. The van der Waals surface area contributed by atoms with E-state index in [9.17, 15) is 9.18 Å². The number of para-hydroxylation sites is 1. The minimum Gasteiger partial charge on any atom is -0.451 e. The smallest absolute Gasteiger partial charge is 0.308 e. The molecule has 0 saturated carbocycles. The van der Waals surface area contributed by atoms with Gasteiger partial charge in [0.2, 0.25) is 0 Å². The molecule has 1 unspecified atom stereocenters. The van der Waals surface area contributed by atoms with E-state index in [0.717, 1.165) is 10.9 Å². The van der Waals surface area contributed by atoms with Gasteiger partial charge in [-0.2, -0.15) is 0 Å². The topological polar surface area (TPSA) is 44.1 Å². The first-order valence-electron chi connectivity index (χ1n) is 9.10. The molecule has 28 heavy (non-hydrogen) atoms. The fourth-order valence-corrected chi connectivity index (χ4v) is 3.24. The van der Waals surface area contributed by atoms with E-state index in [1.54, 1.807) is 30.5 Å². The van der Waals surface area contributed by atoms with Gasteiger partial charge in [-0.1, -0.05) is 36.4 Å². The van der Waals surface area contributed by atoms with Gasteiger partial charge in [-0.3, -0.25) is 9.78 Å². The van der Waals surface area contributed by atoms with Crippen LogP contribution in [0.3, 0.4) is 0 Å². The highest BCUT2D eigenvalue weighted by atomic mass is 19.1. The van der Waals surface area contributed by atoms with Crippen LogP contribution in [0.15, 0.2) is 85.2 Å². The molecule has 0 spiro atoms. The third kappa shape index (κ3) is 3.93. The van der Waals surface area contributed by atoms with Gasteiger partial charge in [0, 0.05) is 30.0 Å². The van der Waals surface area contributed by atoms with Crippen molar-refractivity contribution in [3.05, 3.63) is 102 Å². The summed E-state index contributed by atoms with van der Waals surface area (Å²) in [5.74, 6) is -0.744. The molecule has 140 valence electrons. The zero-order valence-corrected chi connectivity index (χ0v) is 15.2. The van der Waals surface area contributed by atoms with Crippen LogP contribution in [0.4, 0.5) is 4.39 Å². The standard InChI is InChI=1S/C23H19FN2O2/c24-19-8-5-7-18(16-19)23(20-9-3-4-13-25-20)28-22(27)12-15-26-14-11-17-6-1-2-10-21(17)26/h1-11,13-14,16,23H,12,15H2. The number of aromatic nitrogens is 2. The summed E-state index contributed by atoms with van der Waals surface area (Å²) >= 11 is 0. The third-order valence-electron chi connectivity index (χ3n) is 4.59. The van der Waals surface area contributed by atoms with Crippen LogP contribution in [0, 0.1) is 5.82 Å². The quantitative estimate of drug-likeness (QED) is 0.451. The number of fused-ring (bicyclic) bond motifs is 1. The maximum Gasteiger partial charge on any atom is 0.308 e. The molecular weight excluding hydrogens is 355 g/mol. The summed E-state index contributed by atoms with van der Waals surface area (Å²) in [6, 6.07) is 21.4. The number of hydrogen-bond donors (Lipinski definition) is 0. The summed E-state index contributed by atoms with van der Waals surface area (Å²) in [5, 5.41) is 1.13. The Balaban J connectivity index is 1.51. The fourth-order valence-electron chi connectivity index (χ4n) is 3.24. The zero-order chi connectivity index (χ0) is 19.3. The maximum atomic E-state index is 13.7. The number of rotatable bonds is 6. The number of carbonyl (C=O) groups is 1. The number of benzene rings is 2. The number of nitrogens with zero attached hydrogens (tertiary/aromatic N) is 2. The van der Waals surface area contributed by atoms with Gasteiger partial charge in [-0.25, -0.2) is 4.39 Å². The minimum atomic E-state index is -0.745. The maximum absolute atomic E-state index is 13.7. The average molecular weight is 374 g/mol. The second kappa shape index (κ2) is 8.05. The summed E-state index contributed by atoms with van der Waals surface area (Å²) in [7, 11) is 0. The summed E-state index contributed by atoms with van der Waals surface area (Å²) in [5.41, 5.74) is 2.19. The number of halogens is 1. The van der Waals surface area contributed by atoms with Crippen LogP contribution in [0.2, 0.25) is 0 Å². The van der Waals surface area contributed by atoms with Gasteiger partial charge in [-0.05, 0) is 41.8 Å². The van der Waals surface area contributed by atoms with E-state index in [4.69, 9.17) is 4.74 Å². The molecule has 4 aromatic rings. The summed E-state index contributed by atoms with van der Waals surface area (Å²) < 4.78 is 21.4. The number of esters is 1. The minimum absolute atomic E-state index is 0.206. The predicted octanol–water partition coefficient (Wildman–Crippen LogP) is 4.90. The van der Waals surface area contributed by atoms with Crippen molar-refractivity contribution >= 4 is 16.9 Å². The second-order valence-corrected chi connectivity index (χ2v) is 6.50. The summed E-state index contributed by atoms with van der Waals surface area (Å²) in [6.45, 7) is 0.504. The van der Waals surface area contributed by atoms with Crippen molar-refractivity contribution in [1.82, 2.24) is 9.55 Å². The molecule has 0 bridgehead atoms. The van der Waals surface area contributed by atoms with Gasteiger partial charge < -0.3 is 9.30 Å². The highest BCUT2D eigenvalue weighted by Crippen LogP contribution is 2.26. The van der Waals surface area contributed by atoms with Gasteiger partial charge in [-0.15, -0.1) is 0 Å². The van der Waals surface area contributed by atoms with Crippen molar-refractivity contribution in [1.29, 1.82) is 0 Å². The average Bonchev–Trinajstić information content (AvgIpc) is 3.14. The van der Waals surface area contributed by atoms with E-state index < -0.39 is 6.10 Å². The number of carbonyl (C=O) groups excluding carboxylic acids is 1. The molecule has 0 radical (unpaired) electrons. The lowest BCUT2D eigenvalue weighted by atomic mass is 10.1. The van der Waals surface area contributed by atoms with Crippen LogP contribution in [0.1, 0.15) is 23.8 Å². The lowest BCUT2D eigenvalue weighted by molar-refractivity contribution is -0.148. The first-order chi connectivity index (χ1) is 13.7. The molecule has 0 amide bonds. The Hall–Kier alpha value is -3.47. The van der Waals surface area contributed by atoms with Gasteiger partial charge in [0.25, 0.3) is 0 Å². The predicted molar refractivity (Wildman–Crippen MR) is 105 cm³/mol. The van der Waals surface area contributed by atoms with E-state index in [1.165, 1.54) is 12.1 Å². The van der Waals surface area contributed by atoms with Crippen molar-refractivity contribution < 1.29 is 13.9 Å². The van der Waals surface area contributed by atoms with Gasteiger partial charge in [0.05, 0.1) is 12.1 Å². The summed E-state index contributed by atoms with van der Waals surface area (Å²) in [4.78, 5) is 16.8. The highest BCUT2D eigenvalue weighted by molar-refractivity contribution is 5.80. The molecule has 0 fully saturated rings. The van der Waals surface area contributed by atoms with Gasteiger partial charge in [0.15, 0.2) is 6.10 Å². The van der Waals surface area contributed by atoms with Gasteiger partial charge in [0.1, 0.15) is 5.82 Å². The molecule has 4 nitrogen and oxygen atoms in total. The molecule has 2 aromatic carbocycles. The van der Waals surface area contributed by atoms with Crippen LogP contribution >= 0.6 is 0 Å². The van der Waals surface area contributed by atoms with Crippen molar-refractivity contribution in [2.24, 2.45) is 0 Å². The Labute approximate surface area is 162 Å². The van der Waals surface area contributed by atoms with E-state index >= 15 is 0 Å². The highest BCUT2D eigenvalue weighted by Gasteiger charge is 2.21. The lowest BCUT2D eigenvalue weighted by Gasteiger charge is -2.18. The molecule has 2 aromatic heterocycles. The van der Waals surface area contributed by atoms with Crippen LogP contribution in [-0.2, 0) is 16.1 Å². The van der Waals surface area contributed by atoms with Crippen molar-refractivity contribution in [3.8, 4) is 0 Å². The van der Waals surface area contributed by atoms with E-state index in [0.29, 0.717) is 17.8 Å². The Morgan fingerprint density at radius 1 is 1.04 bits per heavy atom. The molecular formula is C23H19FN2O2. The van der Waals surface area contributed by atoms with Crippen LogP contribution in [-0.4, -0.2) is 15.5 Å². The van der Waals surface area contributed by atoms with Crippen molar-refractivity contribution in [2.45, 2.75) is 19.1 Å². The van der Waals surface area contributed by atoms with E-state index in [2.05, 4.69) is 4.98 Å². The Morgan fingerprint density at radius 2 is 1.89 bits per heavy atom. The SMILES string of the molecule is O=C(CCn1ccc2ccccc21)OC(c1cccc(F)c1)c1ccccn1. The van der Waals surface area contributed by atoms with Crippen LogP contribution in [0.25, 0.3) is 10.9 Å². The Bertz CT molecular complexity index is 1090. The third-order valence-corrected chi connectivity index (χ3v) is 4.59. The first kappa shape index (κ1) is 17.9. The second-order valence-electron chi connectivity index (χ2n) is 6.50. The van der Waals surface area contributed by atoms with Crippen LogP contribution in [0.5, 0.6) is 0 Å². The molecule has 0 aliphatic rings. The van der Waals surface area contributed by atoms with Crippen molar-refractivity contribution in [2.75, 3.05) is 0 Å². The first-order valence-corrected chi connectivity index (χ1v) is 9.10. The normalized spacial score (nSPS) is 12.0. The van der Waals surface area contributed by atoms with E-state index in [1.807, 2.05) is 47.2 Å². The molecule has 0 aliphatic heterocycles. The van der Waals surface area contributed by atoms with Gasteiger partial charge >= 0.3 is 5.97 Å². The number of pyridine rings is 1. The Kier molecular flexibility index (Phi) is 5.15. The zero-order valence-electron chi connectivity index (χ0n) is 15.2. The number of ether oxygens (including phenoxy) is 1.